The zero-order chi connectivity index (χ0) is 15.4. The smallest absolute Gasteiger partial charge is 0.0589 e. The molecule has 0 amide bonds. The molecule has 2 unspecified atom stereocenters. The Labute approximate surface area is 134 Å². The third-order valence-corrected chi connectivity index (χ3v) is 5.47. The summed E-state index contributed by atoms with van der Waals surface area (Å²) < 4.78 is 5.26. The van der Waals surface area contributed by atoms with Gasteiger partial charge in [-0.3, -0.25) is 4.90 Å². The molecular formula is C19H28N2O. The van der Waals surface area contributed by atoms with Gasteiger partial charge in [0.2, 0.25) is 0 Å². The molecule has 0 bridgehead atoms. The van der Waals surface area contributed by atoms with Gasteiger partial charge < -0.3 is 9.64 Å². The zero-order valence-corrected chi connectivity index (χ0v) is 13.7. The first-order valence-electron chi connectivity index (χ1n) is 8.38. The molecule has 0 spiro atoms. The number of benzene rings is 1. The van der Waals surface area contributed by atoms with E-state index in [0.29, 0.717) is 11.3 Å². The minimum Gasteiger partial charge on any atom is -0.383 e. The molecule has 2 aliphatic rings. The van der Waals surface area contributed by atoms with Crippen LogP contribution in [0.1, 0.15) is 12.0 Å². The molecule has 120 valence electrons. The van der Waals surface area contributed by atoms with Crippen LogP contribution in [0.4, 0.5) is 0 Å². The number of hydrogen-bond acceptors (Lipinski definition) is 3. The lowest BCUT2D eigenvalue weighted by molar-refractivity contribution is 0.0880. The normalized spacial score (nSPS) is 29.4. The van der Waals surface area contributed by atoms with E-state index in [4.69, 9.17) is 4.74 Å². The zero-order valence-electron chi connectivity index (χ0n) is 13.7. The van der Waals surface area contributed by atoms with Crippen LogP contribution >= 0.6 is 0 Å². The van der Waals surface area contributed by atoms with Gasteiger partial charge >= 0.3 is 0 Å². The lowest BCUT2D eigenvalue weighted by Gasteiger charge is -2.44. The number of hydrogen-bond donors (Lipinski definition) is 0. The Morgan fingerprint density at radius 2 is 2.05 bits per heavy atom. The van der Waals surface area contributed by atoms with Crippen molar-refractivity contribution in [2.24, 2.45) is 5.92 Å². The van der Waals surface area contributed by atoms with Gasteiger partial charge in [0.05, 0.1) is 6.61 Å². The van der Waals surface area contributed by atoms with Crippen molar-refractivity contribution >= 4 is 0 Å². The first kappa shape index (κ1) is 15.7. The highest BCUT2D eigenvalue weighted by Gasteiger charge is 2.49. The van der Waals surface area contributed by atoms with E-state index in [1.807, 2.05) is 6.08 Å². The maximum atomic E-state index is 5.26. The molecule has 3 rings (SSSR count). The van der Waals surface area contributed by atoms with Gasteiger partial charge in [0.15, 0.2) is 0 Å². The SMILES string of the molecule is C=CCN1CC2CN(CCOC)CCC2(c2ccccc2)C1. The number of rotatable bonds is 6. The van der Waals surface area contributed by atoms with E-state index in [9.17, 15) is 0 Å². The van der Waals surface area contributed by atoms with E-state index >= 15 is 0 Å². The van der Waals surface area contributed by atoms with E-state index in [1.54, 1.807) is 7.11 Å². The van der Waals surface area contributed by atoms with Crippen LogP contribution in [0.15, 0.2) is 43.0 Å². The van der Waals surface area contributed by atoms with Gasteiger partial charge in [0.1, 0.15) is 0 Å². The molecule has 0 radical (unpaired) electrons. The number of piperidine rings is 1. The molecular weight excluding hydrogens is 272 g/mol. The van der Waals surface area contributed by atoms with Crippen LogP contribution in [-0.4, -0.2) is 62.8 Å². The Kier molecular flexibility index (Phi) is 4.97. The van der Waals surface area contributed by atoms with Crippen molar-refractivity contribution in [3.05, 3.63) is 48.6 Å². The molecule has 2 saturated heterocycles. The lowest BCUT2D eigenvalue weighted by atomic mass is 9.68. The van der Waals surface area contributed by atoms with Crippen molar-refractivity contribution in [2.45, 2.75) is 11.8 Å². The molecule has 0 saturated carbocycles. The van der Waals surface area contributed by atoms with E-state index in [0.717, 1.165) is 19.7 Å². The highest BCUT2D eigenvalue weighted by atomic mass is 16.5. The Morgan fingerprint density at radius 1 is 1.27 bits per heavy atom. The monoisotopic (exact) mass is 300 g/mol. The lowest BCUT2D eigenvalue weighted by Crippen LogP contribution is -2.50. The summed E-state index contributed by atoms with van der Waals surface area (Å²) in [5.41, 5.74) is 1.85. The summed E-state index contributed by atoms with van der Waals surface area (Å²) in [6, 6.07) is 11.2. The molecule has 1 aromatic rings. The Morgan fingerprint density at radius 3 is 2.77 bits per heavy atom. The van der Waals surface area contributed by atoms with Crippen molar-refractivity contribution in [1.82, 2.24) is 9.80 Å². The molecule has 0 aromatic heterocycles. The summed E-state index contributed by atoms with van der Waals surface area (Å²) >= 11 is 0. The maximum absolute atomic E-state index is 5.26. The minimum atomic E-state index is 0.327. The van der Waals surface area contributed by atoms with E-state index in [-0.39, 0.29) is 0 Å². The van der Waals surface area contributed by atoms with E-state index in [2.05, 4.69) is 46.7 Å². The topological polar surface area (TPSA) is 15.7 Å². The Balaban J connectivity index is 1.81. The standard InChI is InChI=1S/C19H28N2O/c1-3-10-21-15-18-14-20(12-13-22-2)11-9-19(18,16-21)17-7-5-4-6-8-17/h3-8,18H,1,9-16H2,2H3. The van der Waals surface area contributed by atoms with Gasteiger partial charge in [-0.15, -0.1) is 6.58 Å². The fourth-order valence-corrected chi connectivity index (χ4v) is 4.34. The molecule has 3 heteroatoms. The molecule has 2 aliphatic heterocycles. The highest BCUT2D eigenvalue weighted by molar-refractivity contribution is 5.30. The van der Waals surface area contributed by atoms with Gasteiger partial charge in [-0.2, -0.15) is 0 Å². The number of methoxy groups -OCH3 is 1. The first-order valence-corrected chi connectivity index (χ1v) is 8.38. The van der Waals surface area contributed by atoms with Crippen LogP contribution in [0.2, 0.25) is 0 Å². The first-order chi connectivity index (χ1) is 10.8. The average Bonchev–Trinajstić information content (AvgIpc) is 2.92. The number of nitrogens with zero attached hydrogens (tertiary/aromatic N) is 2. The van der Waals surface area contributed by atoms with E-state index in [1.165, 1.54) is 38.2 Å². The van der Waals surface area contributed by atoms with Crippen molar-refractivity contribution in [3.8, 4) is 0 Å². The Hall–Kier alpha value is -1.16. The minimum absolute atomic E-state index is 0.327. The van der Waals surface area contributed by atoms with Crippen molar-refractivity contribution in [1.29, 1.82) is 0 Å². The van der Waals surface area contributed by atoms with Crippen LogP contribution in [0.5, 0.6) is 0 Å². The summed E-state index contributed by atoms with van der Waals surface area (Å²) in [6.07, 6.45) is 3.29. The average molecular weight is 300 g/mol. The van der Waals surface area contributed by atoms with Crippen LogP contribution in [-0.2, 0) is 10.2 Å². The molecule has 0 aliphatic carbocycles. The molecule has 22 heavy (non-hydrogen) atoms. The Bertz CT molecular complexity index is 489. The van der Waals surface area contributed by atoms with Crippen molar-refractivity contribution in [2.75, 3.05) is 53.0 Å². The highest BCUT2D eigenvalue weighted by Crippen LogP contribution is 2.45. The fourth-order valence-electron chi connectivity index (χ4n) is 4.34. The summed E-state index contributed by atoms with van der Waals surface area (Å²) in [5, 5.41) is 0. The van der Waals surface area contributed by atoms with Gasteiger partial charge in [-0.25, -0.2) is 0 Å². The van der Waals surface area contributed by atoms with Crippen LogP contribution < -0.4 is 0 Å². The fraction of sp³-hybridized carbons (Fsp3) is 0.579. The molecule has 3 nitrogen and oxygen atoms in total. The quantitative estimate of drug-likeness (QED) is 0.750. The maximum Gasteiger partial charge on any atom is 0.0589 e. The van der Waals surface area contributed by atoms with Crippen molar-refractivity contribution < 1.29 is 4.74 Å². The molecule has 0 N–H and O–H groups in total. The predicted molar refractivity (Wildman–Crippen MR) is 91.2 cm³/mol. The summed E-state index contributed by atoms with van der Waals surface area (Å²) in [4.78, 5) is 5.15. The summed E-state index contributed by atoms with van der Waals surface area (Å²) in [7, 11) is 1.79. The van der Waals surface area contributed by atoms with Gasteiger partial charge in [-0.05, 0) is 24.4 Å². The molecule has 1 aromatic carbocycles. The summed E-state index contributed by atoms with van der Waals surface area (Å²) in [5.74, 6) is 0.709. The van der Waals surface area contributed by atoms with Gasteiger partial charge in [0, 0.05) is 45.2 Å². The second kappa shape index (κ2) is 6.95. The third-order valence-electron chi connectivity index (χ3n) is 5.47. The van der Waals surface area contributed by atoms with E-state index < -0.39 is 0 Å². The second-order valence-corrected chi connectivity index (χ2v) is 6.75. The second-order valence-electron chi connectivity index (χ2n) is 6.75. The van der Waals surface area contributed by atoms with Gasteiger partial charge in [-0.1, -0.05) is 36.4 Å². The van der Waals surface area contributed by atoms with Crippen LogP contribution in [0.25, 0.3) is 0 Å². The largest absolute Gasteiger partial charge is 0.383 e. The predicted octanol–water partition coefficient (Wildman–Crippen LogP) is 2.39. The van der Waals surface area contributed by atoms with Crippen LogP contribution in [0, 0.1) is 5.92 Å². The van der Waals surface area contributed by atoms with Crippen LogP contribution in [0.3, 0.4) is 0 Å². The number of fused-ring (bicyclic) bond motifs is 1. The third kappa shape index (κ3) is 2.98. The molecule has 2 atom stereocenters. The summed E-state index contributed by atoms with van der Waals surface area (Å²) in [6.45, 7) is 11.5. The number of ether oxygens (including phenoxy) is 1. The molecule has 2 fully saturated rings. The molecule has 2 heterocycles. The van der Waals surface area contributed by atoms with Crippen molar-refractivity contribution in [3.63, 3.8) is 0 Å². The number of likely N-dealkylation sites (tertiary alicyclic amines) is 2. The van der Waals surface area contributed by atoms with Gasteiger partial charge in [0.25, 0.3) is 0 Å².